The number of anilines is 1. The van der Waals surface area contributed by atoms with Gasteiger partial charge in [-0.3, -0.25) is 9.59 Å². The van der Waals surface area contributed by atoms with Gasteiger partial charge in [0.25, 0.3) is 0 Å². The van der Waals surface area contributed by atoms with Crippen LogP contribution in [-0.2, 0) is 35.8 Å². The molecule has 1 amide bonds. The van der Waals surface area contributed by atoms with Crippen molar-refractivity contribution in [1.82, 2.24) is 4.90 Å². The molecular weight excluding hydrogens is 628 g/mol. The van der Waals surface area contributed by atoms with E-state index in [4.69, 9.17) is 21.1 Å². The fourth-order valence-electron chi connectivity index (χ4n) is 7.49. The zero-order valence-corrected chi connectivity index (χ0v) is 27.2. The Morgan fingerprint density at radius 3 is 2.25 bits per heavy atom. The summed E-state index contributed by atoms with van der Waals surface area (Å²) in [5.74, 6) is -4.24. The van der Waals surface area contributed by atoms with Crippen molar-refractivity contribution >= 4 is 47.0 Å². The van der Waals surface area contributed by atoms with Gasteiger partial charge < -0.3 is 19.3 Å². The number of hydrogen-bond acceptors (Lipinski definition) is 7. The van der Waals surface area contributed by atoms with Gasteiger partial charge in [0.2, 0.25) is 5.91 Å². The molecule has 0 bridgehead atoms. The summed E-state index contributed by atoms with van der Waals surface area (Å²) in [6.07, 6.45) is 3.47. The summed E-state index contributed by atoms with van der Waals surface area (Å²) in [5.41, 5.74) is 2.31. The number of carbonyl (C=O) groups is 4. The van der Waals surface area contributed by atoms with E-state index in [-0.39, 0.29) is 23.4 Å². The third-order valence-corrected chi connectivity index (χ3v) is 9.77. The number of hydrogen-bond donors (Lipinski definition) is 0. The van der Waals surface area contributed by atoms with Gasteiger partial charge in [-0.1, -0.05) is 96.0 Å². The molecule has 3 aliphatic heterocycles. The first-order valence-electron chi connectivity index (χ1n) is 15.5. The highest BCUT2D eigenvalue weighted by Crippen LogP contribution is 2.63. The van der Waals surface area contributed by atoms with Crippen LogP contribution in [0, 0.1) is 12.8 Å². The smallest absolute Gasteiger partial charge is 0.355 e. The van der Waals surface area contributed by atoms with Crippen LogP contribution in [0.3, 0.4) is 0 Å². The fraction of sp³-hybridized carbons (Fsp3) is 0.179. The molecular formula is C39H31ClN2O6. The highest BCUT2D eigenvalue weighted by Gasteiger charge is 2.69. The third-order valence-electron chi connectivity index (χ3n) is 9.53. The third kappa shape index (κ3) is 4.58. The van der Waals surface area contributed by atoms with E-state index in [0.29, 0.717) is 21.8 Å². The van der Waals surface area contributed by atoms with Crippen LogP contribution in [0.5, 0.6) is 0 Å². The Hall–Kier alpha value is -5.47. The van der Waals surface area contributed by atoms with Crippen LogP contribution >= 0.6 is 11.6 Å². The maximum atomic E-state index is 15.7. The van der Waals surface area contributed by atoms with Gasteiger partial charge in [-0.05, 0) is 53.5 Å². The van der Waals surface area contributed by atoms with Crippen LogP contribution in [0.1, 0.15) is 44.2 Å². The Kier molecular flexibility index (Phi) is 7.76. The van der Waals surface area contributed by atoms with E-state index in [2.05, 4.69) is 0 Å². The highest BCUT2D eigenvalue weighted by atomic mass is 35.5. The molecule has 1 unspecified atom stereocenters. The molecule has 3 atom stereocenters. The molecule has 7 rings (SSSR count). The molecule has 0 saturated heterocycles. The Bertz CT molecular complexity index is 2050. The van der Waals surface area contributed by atoms with Gasteiger partial charge in [-0.25, -0.2) is 9.59 Å². The summed E-state index contributed by atoms with van der Waals surface area (Å²) in [7, 11) is 2.39. The molecule has 4 aromatic rings. The number of ketones is 1. The van der Waals surface area contributed by atoms with Crippen molar-refractivity contribution in [3.8, 4) is 0 Å². The molecule has 1 spiro atoms. The summed E-state index contributed by atoms with van der Waals surface area (Å²) >= 11 is 6.73. The Balaban J connectivity index is 1.63. The van der Waals surface area contributed by atoms with E-state index in [0.717, 1.165) is 16.7 Å². The summed E-state index contributed by atoms with van der Waals surface area (Å²) in [4.78, 5) is 62.1. The van der Waals surface area contributed by atoms with Crippen LogP contribution < -0.4 is 4.90 Å². The predicted octanol–water partition coefficient (Wildman–Crippen LogP) is 6.57. The lowest BCUT2D eigenvalue weighted by Gasteiger charge is -2.52. The Morgan fingerprint density at radius 1 is 0.854 bits per heavy atom. The molecule has 0 saturated carbocycles. The zero-order chi connectivity index (χ0) is 33.7. The van der Waals surface area contributed by atoms with Crippen LogP contribution in [0.15, 0.2) is 115 Å². The molecule has 48 heavy (non-hydrogen) atoms. The average Bonchev–Trinajstić information content (AvgIpc) is 3.33. The summed E-state index contributed by atoms with van der Waals surface area (Å²) in [6.45, 7) is 2.09. The van der Waals surface area contributed by atoms with Crippen molar-refractivity contribution < 1.29 is 28.7 Å². The number of benzene rings is 4. The van der Waals surface area contributed by atoms with Crippen LogP contribution in [-0.4, -0.2) is 42.7 Å². The number of nitrogens with zero attached hydrogens (tertiary/aromatic N) is 2. The van der Waals surface area contributed by atoms with E-state index in [1.165, 1.54) is 14.2 Å². The van der Waals surface area contributed by atoms with Crippen molar-refractivity contribution in [1.29, 1.82) is 0 Å². The van der Waals surface area contributed by atoms with Gasteiger partial charge in [-0.15, -0.1) is 0 Å². The predicted molar refractivity (Wildman–Crippen MR) is 181 cm³/mol. The lowest BCUT2D eigenvalue weighted by atomic mass is 9.56. The molecule has 9 heteroatoms. The first-order valence-corrected chi connectivity index (χ1v) is 15.8. The number of amides is 1. The summed E-state index contributed by atoms with van der Waals surface area (Å²) in [6, 6.07) is 28.1. The standard InChI is InChI=1S/C39H31ClN2O6/c1-23-13-15-26(16-14-23)34(43)32-31(36(44)47-2)33(37(45)48-3)41-20-19-25-11-7-8-12-28(25)35(41)39(32)29-21-27(40)17-18-30(29)42(38(39)46)22-24-9-5-4-6-10-24/h4-21,32,35H,22H2,1-3H3/t32?,35-,39+/m0/s1. The van der Waals surface area contributed by atoms with Gasteiger partial charge in [0, 0.05) is 22.5 Å². The monoisotopic (exact) mass is 658 g/mol. The number of aryl methyl sites for hydroxylation is 1. The summed E-state index contributed by atoms with van der Waals surface area (Å²) < 4.78 is 10.6. The van der Waals surface area contributed by atoms with Gasteiger partial charge >= 0.3 is 11.9 Å². The molecule has 3 aliphatic rings. The number of esters is 2. The minimum absolute atomic E-state index is 0.172. The van der Waals surface area contributed by atoms with Gasteiger partial charge in [-0.2, -0.15) is 0 Å². The molecule has 0 aliphatic carbocycles. The number of rotatable bonds is 6. The lowest BCUT2D eigenvalue weighted by Crippen LogP contribution is -2.61. The fourth-order valence-corrected chi connectivity index (χ4v) is 7.66. The molecule has 0 fully saturated rings. The second-order valence-corrected chi connectivity index (χ2v) is 12.5. The number of methoxy groups -OCH3 is 2. The SMILES string of the molecule is COC(=O)C1=C(C(=O)OC)N2C=Cc3ccccc3[C@H]2[C@]2(C(=O)N(Cc3ccccc3)c3ccc(Cl)cc32)C1C(=O)c1ccc(C)cc1. The van der Waals surface area contributed by atoms with Crippen LogP contribution in [0.2, 0.25) is 5.02 Å². The minimum atomic E-state index is -1.79. The second-order valence-electron chi connectivity index (χ2n) is 12.1. The molecule has 3 heterocycles. The molecule has 0 radical (unpaired) electrons. The molecule has 0 N–H and O–H groups in total. The van der Waals surface area contributed by atoms with Crippen molar-refractivity contribution in [3.63, 3.8) is 0 Å². The number of halogens is 1. The number of Topliss-reactive ketones (excluding diaryl/α,β-unsaturated/α-hetero) is 1. The van der Waals surface area contributed by atoms with Gasteiger partial charge in [0.15, 0.2) is 5.78 Å². The topological polar surface area (TPSA) is 93.2 Å². The normalized spacial score (nSPS) is 20.7. The first-order chi connectivity index (χ1) is 23.2. The maximum absolute atomic E-state index is 15.7. The van der Waals surface area contributed by atoms with Crippen LogP contribution in [0.25, 0.3) is 6.08 Å². The number of ether oxygens (including phenoxy) is 2. The quantitative estimate of drug-likeness (QED) is 0.171. The second kappa shape index (κ2) is 12.0. The van der Waals surface area contributed by atoms with Crippen molar-refractivity contribution in [2.75, 3.05) is 19.1 Å². The zero-order valence-electron chi connectivity index (χ0n) is 26.5. The van der Waals surface area contributed by atoms with E-state index in [1.54, 1.807) is 64.5 Å². The average molecular weight is 659 g/mol. The van der Waals surface area contributed by atoms with E-state index in [9.17, 15) is 9.59 Å². The number of fused-ring (bicyclic) bond motifs is 6. The van der Waals surface area contributed by atoms with Gasteiger partial charge in [0.05, 0.1) is 38.3 Å². The van der Waals surface area contributed by atoms with Crippen molar-refractivity contribution in [2.45, 2.75) is 24.9 Å². The highest BCUT2D eigenvalue weighted by molar-refractivity contribution is 6.31. The maximum Gasteiger partial charge on any atom is 0.355 e. The van der Waals surface area contributed by atoms with Crippen molar-refractivity contribution in [3.05, 3.63) is 153 Å². The first kappa shape index (κ1) is 31.1. The van der Waals surface area contributed by atoms with Crippen LogP contribution in [0.4, 0.5) is 5.69 Å². The molecule has 0 aromatic heterocycles. The van der Waals surface area contributed by atoms with E-state index in [1.807, 2.05) is 61.5 Å². The Morgan fingerprint density at radius 2 is 1.54 bits per heavy atom. The van der Waals surface area contributed by atoms with E-state index >= 15 is 9.59 Å². The number of carbonyl (C=O) groups excluding carboxylic acids is 4. The minimum Gasteiger partial charge on any atom is -0.466 e. The largest absolute Gasteiger partial charge is 0.466 e. The van der Waals surface area contributed by atoms with Gasteiger partial charge in [0.1, 0.15) is 11.1 Å². The Labute approximate surface area is 282 Å². The lowest BCUT2D eigenvalue weighted by molar-refractivity contribution is -0.144. The summed E-state index contributed by atoms with van der Waals surface area (Å²) in [5, 5.41) is 0.345. The molecule has 4 aromatic carbocycles. The van der Waals surface area contributed by atoms with E-state index < -0.39 is 41.0 Å². The molecule has 240 valence electrons. The molecule has 8 nitrogen and oxygen atoms in total. The van der Waals surface area contributed by atoms with Crippen molar-refractivity contribution in [2.24, 2.45) is 5.92 Å².